The minimum atomic E-state index is -0.147. The molecule has 1 heteroatoms. The summed E-state index contributed by atoms with van der Waals surface area (Å²) in [4.78, 5) is 0. The summed E-state index contributed by atoms with van der Waals surface area (Å²) in [5.41, 5.74) is 2.31. The van der Waals surface area contributed by atoms with E-state index in [1.165, 1.54) is 12.8 Å². The van der Waals surface area contributed by atoms with Crippen LogP contribution in [0.4, 0.5) is 0 Å². The van der Waals surface area contributed by atoms with Crippen LogP contribution < -0.4 is 5.19 Å². The predicted octanol–water partition coefficient (Wildman–Crippen LogP) is 2.57. The van der Waals surface area contributed by atoms with Crippen LogP contribution in [-0.2, 0) is 0 Å². The van der Waals surface area contributed by atoms with Gasteiger partial charge in [-0.05, 0) is 12.0 Å². The van der Waals surface area contributed by atoms with Crippen molar-refractivity contribution in [1.29, 1.82) is 0 Å². The Bertz CT molecular complexity index is 362. The highest BCUT2D eigenvalue weighted by Gasteiger charge is 2.09. The highest BCUT2D eigenvalue weighted by molar-refractivity contribution is 6.56. The predicted molar refractivity (Wildman–Crippen MR) is 70.5 cm³/mol. The lowest BCUT2D eigenvalue weighted by Crippen LogP contribution is -2.16. The molecule has 78 valence electrons. The number of benzene rings is 1. The SMILES string of the molecule is CCCC1=CC([SiH2]c2ccccc2)C=C1. The topological polar surface area (TPSA) is 0 Å². The van der Waals surface area contributed by atoms with Gasteiger partial charge in [-0.2, -0.15) is 0 Å². The first-order valence-corrected chi connectivity index (χ1v) is 7.33. The summed E-state index contributed by atoms with van der Waals surface area (Å²) < 4.78 is 0. The molecule has 0 saturated carbocycles. The Morgan fingerprint density at radius 3 is 2.73 bits per heavy atom. The fourth-order valence-electron chi connectivity index (χ4n) is 2.10. The number of hydrogen-bond acceptors (Lipinski definition) is 0. The Hall–Kier alpha value is -1.08. The van der Waals surface area contributed by atoms with Gasteiger partial charge in [0.2, 0.25) is 0 Å². The second-order valence-electron chi connectivity index (χ2n) is 4.20. The van der Waals surface area contributed by atoms with Gasteiger partial charge in [0.1, 0.15) is 0 Å². The average Bonchev–Trinajstić information content (AvgIpc) is 2.68. The summed E-state index contributed by atoms with van der Waals surface area (Å²) in [7, 11) is -0.147. The summed E-state index contributed by atoms with van der Waals surface area (Å²) in [5.74, 6) is 0. The minimum absolute atomic E-state index is 0.147. The molecule has 1 unspecified atom stereocenters. The lowest BCUT2D eigenvalue weighted by molar-refractivity contribution is 0.927. The normalized spacial score (nSPS) is 20.1. The first-order valence-electron chi connectivity index (χ1n) is 5.81. The highest BCUT2D eigenvalue weighted by atomic mass is 28.2. The highest BCUT2D eigenvalue weighted by Crippen LogP contribution is 2.22. The maximum atomic E-state index is 2.47. The zero-order valence-corrected chi connectivity index (χ0v) is 10.7. The van der Waals surface area contributed by atoms with Gasteiger partial charge < -0.3 is 0 Å². The van der Waals surface area contributed by atoms with Crippen LogP contribution in [0.15, 0.2) is 54.1 Å². The summed E-state index contributed by atoms with van der Waals surface area (Å²) in [6.07, 6.45) is 9.70. The standard InChI is InChI=1S/C14H18Si/c1-2-6-12-9-10-14(11-12)15-13-7-4-3-5-8-13/h3-5,7-11,14H,2,6,15H2,1H3. The summed E-state index contributed by atoms with van der Waals surface area (Å²) in [6.45, 7) is 2.25. The number of allylic oxidation sites excluding steroid dienone is 4. The molecule has 2 rings (SSSR count). The molecule has 0 N–H and O–H groups in total. The van der Waals surface area contributed by atoms with Gasteiger partial charge in [0.05, 0.1) is 9.52 Å². The molecule has 0 fully saturated rings. The van der Waals surface area contributed by atoms with E-state index in [2.05, 4.69) is 55.5 Å². The third kappa shape index (κ3) is 2.93. The van der Waals surface area contributed by atoms with Gasteiger partial charge in [-0.3, -0.25) is 0 Å². The van der Waals surface area contributed by atoms with Crippen LogP contribution in [-0.4, -0.2) is 9.52 Å². The molecule has 1 aliphatic carbocycles. The zero-order chi connectivity index (χ0) is 10.5. The van der Waals surface area contributed by atoms with Crippen LogP contribution in [0.25, 0.3) is 0 Å². The van der Waals surface area contributed by atoms with Gasteiger partial charge >= 0.3 is 0 Å². The fourth-order valence-corrected chi connectivity index (χ4v) is 3.88. The van der Waals surface area contributed by atoms with Gasteiger partial charge in [-0.15, -0.1) is 0 Å². The van der Waals surface area contributed by atoms with Crippen molar-refractivity contribution in [3.8, 4) is 0 Å². The van der Waals surface area contributed by atoms with Crippen molar-refractivity contribution in [3.63, 3.8) is 0 Å². The van der Waals surface area contributed by atoms with E-state index < -0.39 is 0 Å². The van der Waals surface area contributed by atoms with E-state index in [4.69, 9.17) is 0 Å². The summed E-state index contributed by atoms with van der Waals surface area (Å²) in [6, 6.07) is 10.9. The third-order valence-electron chi connectivity index (χ3n) is 2.84. The number of hydrogen-bond donors (Lipinski definition) is 0. The van der Waals surface area contributed by atoms with Crippen LogP contribution in [0.2, 0.25) is 5.54 Å². The lowest BCUT2D eigenvalue weighted by atomic mass is 10.2. The molecule has 1 aliphatic rings. The van der Waals surface area contributed by atoms with E-state index in [-0.39, 0.29) is 9.52 Å². The molecule has 0 aromatic heterocycles. The molecule has 0 radical (unpaired) electrons. The summed E-state index contributed by atoms with van der Waals surface area (Å²) in [5, 5.41) is 1.57. The third-order valence-corrected chi connectivity index (χ3v) is 4.76. The maximum absolute atomic E-state index is 2.47. The van der Waals surface area contributed by atoms with Gasteiger partial charge in [-0.25, -0.2) is 0 Å². The van der Waals surface area contributed by atoms with E-state index >= 15 is 0 Å². The summed E-state index contributed by atoms with van der Waals surface area (Å²) >= 11 is 0. The molecule has 0 spiro atoms. The van der Waals surface area contributed by atoms with Crippen LogP contribution in [0.5, 0.6) is 0 Å². The first kappa shape index (κ1) is 10.4. The Kier molecular flexibility index (Phi) is 3.57. The molecule has 0 amide bonds. The maximum Gasteiger partial charge on any atom is 0.0663 e. The molecular formula is C14H18Si. The Labute approximate surface area is 94.5 Å². The minimum Gasteiger partial charge on any atom is -0.0803 e. The van der Waals surface area contributed by atoms with E-state index in [9.17, 15) is 0 Å². The van der Waals surface area contributed by atoms with Crippen molar-refractivity contribution >= 4 is 14.7 Å². The van der Waals surface area contributed by atoms with Crippen molar-refractivity contribution in [2.45, 2.75) is 25.3 Å². The molecule has 1 atom stereocenters. The zero-order valence-electron chi connectivity index (χ0n) is 9.32. The molecule has 1 aromatic rings. The van der Waals surface area contributed by atoms with E-state index in [1.807, 2.05) is 0 Å². The van der Waals surface area contributed by atoms with Crippen molar-refractivity contribution < 1.29 is 0 Å². The Morgan fingerprint density at radius 2 is 2.00 bits per heavy atom. The van der Waals surface area contributed by atoms with Crippen LogP contribution in [0, 0.1) is 0 Å². The second-order valence-corrected chi connectivity index (χ2v) is 6.37. The first-order chi connectivity index (χ1) is 7.38. The quantitative estimate of drug-likeness (QED) is 0.676. The van der Waals surface area contributed by atoms with Crippen LogP contribution in [0.1, 0.15) is 19.8 Å². The van der Waals surface area contributed by atoms with E-state index in [0.29, 0.717) is 0 Å². The average molecular weight is 214 g/mol. The molecule has 1 aromatic carbocycles. The smallest absolute Gasteiger partial charge is 0.0663 e. The molecule has 0 saturated heterocycles. The van der Waals surface area contributed by atoms with Gasteiger partial charge in [-0.1, -0.05) is 72.7 Å². The largest absolute Gasteiger partial charge is 0.0803 e. The lowest BCUT2D eigenvalue weighted by Gasteiger charge is -2.03. The van der Waals surface area contributed by atoms with Gasteiger partial charge in [0.25, 0.3) is 0 Å². The monoisotopic (exact) mass is 214 g/mol. The molecule has 15 heavy (non-hydrogen) atoms. The van der Waals surface area contributed by atoms with Crippen LogP contribution >= 0.6 is 0 Å². The van der Waals surface area contributed by atoms with E-state index in [0.717, 1.165) is 5.54 Å². The number of rotatable bonds is 4. The second kappa shape index (κ2) is 5.13. The molecule has 0 nitrogen and oxygen atoms in total. The molecule has 0 heterocycles. The Morgan fingerprint density at radius 1 is 1.20 bits per heavy atom. The molecule has 0 bridgehead atoms. The molecule has 0 aliphatic heterocycles. The Balaban J connectivity index is 1.96. The fraction of sp³-hybridized carbons (Fsp3) is 0.286. The van der Waals surface area contributed by atoms with Crippen molar-refractivity contribution in [2.75, 3.05) is 0 Å². The van der Waals surface area contributed by atoms with Crippen molar-refractivity contribution in [3.05, 3.63) is 54.1 Å². The van der Waals surface area contributed by atoms with E-state index in [1.54, 1.807) is 10.8 Å². The van der Waals surface area contributed by atoms with Crippen LogP contribution in [0.3, 0.4) is 0 Å². The molecular weight excluding hydrogens is 196 g/mol. The van der Waals surface area contributed by atoms with Gasteiger partial charge in [0.15, 0.2) is 0 Å². The van der Waals surface area contributed by atoms with Gasteiger partial charge in [0, 0.05) is 0 Å². The van der Waals surface area contributed by atoms with Crippen molar-refractivity contribution in [1.82, 2.24) is 0 Å². The van der Waals surface area contributed by atoms with Crippen molar-refractivity contribution in [2.24, 2.45) is 0 Å².